The monoisotopic (exact) mass is 372 g/mol. The highest BCUT2D eigenvalue weighted by atomic mass is 35.5. The van der Waals surface area contributed by atoms with Crippen LogP contribution in [0.4, 0.5) is 0 Å². The molecular weight excluding hydrogens is 352 g/mol. The normalized spacial score (nSPS) is 14.9. The van der Waals surface area contributed by atoms with E-state index in [1.165, 1.54) is 6.20 Å². The Hall–Kier alpha value is -2.40. The van der Waals surface area contributed by atoms with Gasteiger partial charge >= 0.3 is 0 Å². The molecule has 0 spiro atoms. The van der Waals surface area contributed by atoms with E-state index >= 15 is 0 Å². The number of halogens is 1. The lowest BCUT2D eigenvalue weighted by Crippen LogP contribution is -2.41. The van der Waals surface area contributed by atoms with Crippen LogP contribution in [0.2, 0.25) is 5.02 Å². The van der Waals surface area contributed by atoms with Crippen LogP contribution >= 0.6 is 11.6 Å². The minimum absolute atomic E-state index is 0.0171. The van der Waals surface area contributed by atoms with E-state index < -0.39 is 0 Å². The molecule has 0 unspecified atom stereocenters. The minimum Gasteiger partial charge on any atom is -0.490 e. The Morgan fingerprint density at radius 1 is 1.15 bits per heavy atom. The smallest absolute Gasteiger partial charge is 0.223 e. The van der Waals surface area contributed by atoms with Gasteiger partial charge in [0.15, 0.2) is 5.78 Å². The van der Waals surface area contributed by atoms with Crippen molar-refractivity contribution < 1.29 is 14.3 Å². The van der Waals surface area contributed by atoms with Gasteiger partial charge < -0.3 is 9.64 Å². The number of aromatic nitrogens is 1. The summed E-state index contributed by atoms with van der Waals surface area (Å²) in [5.41, 5.74) is 0.550. The number of carbonyl (C=O) groups excluding carboxylic acids is 2. The van der Waals surface area contributed by atoms with Crippen LogP contribution in [0.5, 0.6) is 5.75 Å². The first kappa shape index (κ1) is 18.4. The molecule has 6 heteroatoms. The van der Waals surface area contributed by atoms with Crippen LogP contribution < -0.4 is 4.74 Å². The van der Waals surface area contributed by atoms with Crippen molar-refractivity contribution in [1.82, 2.24) is 9.88 Å². The van der Waals surface area contributed by atoms with E-state index in [1.807, 2.05) is 23.1 Å². The highest BCUT2D eigenvalue weighted by Gasteiger charge is 2.24. The average Bonchev–Trinajstić information content (AvgIpc) is 2.67. The number of hydrogen-bond acceptors (Lipinski definition) is 4. The maximum atomic E-state index is 12.3. The lowest BCUT2D eigenvalue weighted by molar-refractivity contribution is -0.132. The number of pyridine rings is 1. The number of amides is 1. The van der Waals surface area contributed by atoms with Gasteiger partial charge in [-0.15, -0.1) is 0 Å². The molecule has 3 rings (SSSR count). The minimum atomic E-state index is -0.0503. The molecular formula is C20H21ClN2O3. The Balaban J connectivity index is 1.43. The van der Waals surface area contributed by atoms with Crippen molar-refractivity contribution in [3.63, 3.8) is 0 Å². The third kappa shape index (κ3) is 5.05. The molecule has 0 saturated carbocycles. The van der Waals surface area contributed by atoms with Gasteiger partial charge in [0.25, 0.3) is 0 Å². The highest BCUT2D eigenvalue weighted by molar-refractivity contribution is 6.30. The van der Waals surface area contributed by atoms with Crippen LogP contribution in [0, 0.1) is 0 Å². The maximum Gasteiger partial charge on any atom is 0.223 e. The second-order valence-electron chi connectivity index (χ2n) is 6.32. The van der Waals surface area contributed by atoms with Crippen molar-refractivity contribution in [2.24, 2.45) is 0 Å². The van der Waals surface area contributed by atoms with Crippen molar-refractivity contribution in [3.8, 4) is 5.75 Å². The summed E-state index contributed by atoms with van der Waals surface area (Å²) in [5, 5.41) is 0.647. The van der Waals surface area contributed by atoms with Gasteiger partial charge in [-0.3, -0.25) is 14.6 Å². The van der Waals surface area contributed by atoms with Crippen molar-refractivity contribution in [2.45, 2.75) is 31.8 Å². The van der Waals surface area contributed by atoms with Gasteiger partial charge in [-0.25, -0.2) is 0 Å². The van der Waals surface area contributed by atoms with E-state index in [0.29, 0.717) is 23.7 Å². The molecule has 1 aromatic carbocycles. The molecule has 1 fully saturated rings. The fourth-order valence-electron chi connectivity index (χ4n) is 3.01. The summed E-state index contributed by atoms with van der Waals surface area (Å²) in [5.74, 6) is 0.721. The van der Waals surface area contributed by atoms with Gasteiger partial charge in [-0.2, -0.15) is 0 Å². The number of likely N-dealkylation sites (tertiary alicyclic amines) is 1. The fraction of sp³-hybridized carbons (Fsp3) is 0.350. The number of ketones is 1. The summed E-state index contributed by atoms with van der Waals surface area (Å²) in [6.45, 7) is 1.29. The van der Waals surface area contributed by atoms with Crippen LogP contribution in [0.1, 0.15) is 36.0 Å². The number of carbonyl (C=O) groups is 2. The second-order valence-corrected chi connectivity index (χ2v) is 6.76. The molecule has 136 valence electrons. The van der Waals surface area contributed by atoms with E-state index in [4.69, 9.17) is 16.3 Å². The summed E-state index contributed by atoms with van der Waals surface area (Å²) < 4.78 is 5.94. The van der Waals surface area contributed by atoms with E-state index in [1.54, 1.807) is 24.4 Å². The average molecular weight is 373 g/mol. The van der Waals surface area contributed by atoms with Gasteiger partial charge in [0, 0.05) is 61.8 Å². The molecule has 26 heavy (non-hydrogen) atoms. The quantitative estimate of drug-likeness (QED) is 0.724. The van der Waals surface area contributed by atoms with Crippen LogP contribution in [-0.4, -0.2) is 40.8 Å². The molecule has 1 amide bonds. The summed E-state index contributed by atoms with van der Waals surface area (Å²) in [4.78, 5) is 30.2. The van der Waals surface area contributed by atoms with Crippen molar-refractivity contribution in [3.05, 3.63) is 59.4 Å². The molecule has 2 heterocycles. The van der Waals surface area contributed by atoms with Crippen LogP contribution in [0.3, 0.4) is 0 Å². The molecule has 0 radical (unpaired) electrons. The van der Waals surface area contributed by atoms with E-state index in [2.05, 4.69) is 4.98 Å². The first-order chi connectivity index (χ1) is 12.6. The lowest BCUT2D eigenvalue weighted by Gasteiger charge is -2.32. The van der Waals surface area contributed by atoms with Crippen molar-refractivity contribution in [2.75, 3.05) is 13.1 Å². The Morgan fingerprint density at radius 3 is 2.65 bits per heavy atom. The number of Topliss-reactive ketones (excluding diaryl/α,β-unsaturated/α-hetero) is 1. The maximum absolute atomic E-state index is 12.3. The van der Waals surface area contributed by atoms with Gasteiger partial charge in [0.2, 0.25) is 5.91 Å². The first-order valence-corrected chi connectivity index (χ1v) is 9.13. The zero-order chi connectivity index (χ0) is 18.4. The summed E-state index contributed by atoms with van der Waals surface area (Å²) >= 11 is 5.97. The van der Waals surface area contributed by atoms with Gasteiger partial charge in [0.1, 0.15) is 11.9 Å². The van der Waals surface area contributed by atoms with Crippen LogP contribution in [-0.2, 0) is 4.79 Å². The zero-order valence-corrected chi connectivity index (χ0v) is 15.2. The first-order valence-electron chi connectivity index (χ1n) is 8.75. The third-order valence-electron chi connectivity index (χ3n) is 4.44. The molecule has 1 saturated heterocycles. The number of ether oxygens (including phenoxy) is 1. The van der Waals surface area contributed by atoms with Gasteiger partial charge in [0.05, 0.1) is 0 Å². The van der Waals surface area contributed by atoms with E-state index in [-0.39, 0.29) is 30.6 Å². The molecule has 5 nitrogen and oxygen atoms in total. The summed E-state index contributed by atoms with van der Waals surface area (Å²) in [7, 11) is 0. The van der Waals surface area contributed by atoms with Crippen LogP contribution in [0.15, 0.2) is 48.8 Å². The molecule has 1 aromatic heterocycles. The molecule has 0 bridgehead atoms. The van der Waals surface area contributed by atoms with Gasteiger partial charge in [-0.05, 0) is 30.3 Å². The second kappa shape index (κ2) is 8.81. The largest absolute Gasteiger partial charge is 0.490 e. The molecule has 0 N–H and O–H groups in total. The number of piperidine rings is 1. The highest BCUT2D eigenvalue weighted by Crippen LogP contribution is 2.22. The number of rotatable bonds is 6. The van der Waals surface area contributed by atoms with Crippen molar-refractivity contribution in [1.29, 1.82) is 0 Å². The number of benzene rings is 1. The van der Waals surface area contributed by atoms with E-state index in [0.717, 1.165) is 18.6 Å². The summed E-state index contributed by atoms with van der Waals surface area (Å²) in [6, 6.07) is 10.8. The Morgan fingerprint density at radius 2 is 1.96 bits per heavy atom. The van der Waals surface area contributed by atoms with Crippen LogP contribution in [0.25, 0.3) is 0 Å². The molecule has 1 aliphatic heterocycles. The lowest BCUT2D eigenvalue weighted by atomic mass is 10.1. The predicted octanol–water partition coefficient (Wildman–Crippen LogP) is 3.77. The number of nitrogens with zero attached hydrogens (tertiary/aromatic N) is 2. The summed E-state index contributed by atoms with van der Waals surface area (Å²) in [6.07, 6.45) is 5.22. The fourth-order valence-corrected chi connectivity index (χ4v) is 3.19. The Labute approximate surface area is 157 Å². The topological polar surface area (TPSA) is 59.5 Å². The molecule has 2 aromatic rings. The Bertz CT molecular complexity index is 759. The zero-order valence-electron chi connectivity index (χ0n) is 14.4. The third-order valence-corrected chi connectivity index (χ3v) is 4.68. The molecule has 0 atom stereocenters. The molecule has 0 aliphatic carbocycles. The predicted molar refractivity (Wildman–Crippen MR) is 99.5 cm³/mol. The number of hydrogen-bond donors (Lipinski definition) is 0. The Kier molecular flexibility index (Phi) is 6.23. The van der Waals surface area contributed by atoms with E-state index in [9.17, 15) is 9.59 Å². The standard InChI is InChI=1S/C20H21ClN2O3/c21-16-4-1-5-18(13-16)26-17-8-11-23(12-9-17)20(25)7-6-19(24)15-3-2-10-22-14-15/h1-5,10,13-14,17H,6-9,11-12H2. The molecule has 1 aliphatic rings. The SMILES string of the molecule is O=C(CCC(=O)N1CCC(Oc2cccc(Cl)c2)CC1)c1cccnc1. The van der Waals surface area contributed by atoms with Crippen molar-refractivity contribution >= 4 is 23.3 Å². The van der Waals surface area contributed by atoms with Gasteiger partial charge in [-0.1, -0.05) is 17.7 Å².